The quantitative estimate of drug-likeness (QED) is 0.0774. The molecule has 4 heterocycles. The molecule has 0 saturated carbocycles. The van der Waals surface area contributed by atoms with E-state index in [1.165, 1.54) is 48.6 Å². The van der Waals surface area contributed by atoms with Gasteiger partial charge in [-0.2, -0.15) is 12.9 Å². The number of aromatic nitrogens is 4. The molecule has 2 saturated heterocycles. The van der Waals surface area contributed by atoms with Crippen LogP contribution in [0.4, 0.5) is 5.82 Å². The fraction of sp³-hybridized carbons (Fsp3) is 0.522. The van der Waals surface area contributed by atoms with E-state index in [0.29, 0.717) is 11.6 Å². The Kier molecular flexibility index (Phi) is 12.8. The van der Waals surface area contributed by atoms with Gasteiger partial charge in [0.2, 0.25) is 6.29 Å². The van der Waals surface area contributed by atoms with Gasteiger partial charge in [0, 0.05) is 7.05 Å². The van der Waals surface area contributed by atoms with Gasteiger partial charge in [0.1, 0.15) is 60.0 Å². The predicted octanol–water partition coefficient (Wildman–Crippen LogP) is -0.494. The number of nitrogens with one attached hydrogen (secondary N) is 1. The smallest absolute Gasteiger partial charge is 0.490 e. The number of methoxy groups -OCH3 is 1. The molecule has 2 aliphatic heterocycles. The highest BCUT2D eigenvalue weighted by atomic mass is 31.3. The molecule has 12 atom stereocenters. The van der Waals surface area contributed by atoms with Crippen molar-refractivity contribution in [3.05, 3.63) is 36.9 Å². The maximum atomic E-state index is 12.4. The van der Waals surface area contributed by atoms with E-state index in [-0.39, 0.29) is 16.9 Å². The van der Waals surface area contributed by atoms with E-state index in [0.717, 1.165) is 0 Å². The zero-order chi connectivity index (χ0) is 38.9. The molecule has 2 aliphatic rings. The first-order valence-corrected chi connectivity index (χ1v) is 20.7. The third-order valence-corrected chi connectivity index (χ3v) is 13.2. The number of aliphatic hydroxyl groups is 4. The lowest BCUT2D eigenvalue weighted by molar-refractivity contribution is -0.115. The molecule has 9 N–H and O–H groups in total. The summed E-state index contributed by atoms with van der Waals surface area (Å²) < 4.78 is 92.5. The van der Waals surface area contributed by atoms with Crippen molar-refractivity contribution in [3.8, 4) is 11.5 Å². The number of nitrogens with zero attached hydrogens (tertiary/aromatic N) is 4. The van der Waals surface area contributed by atoms with E-state index in [1.54, 1.807) is 7.05 Å². The maximum Gasteiger partial charge on any atom is 0.490 e. The average molecular weight is 839 g/mol. The Labute approximate surface area is 297 Å². The molecular weight excluding hydrogens is 806 g/mol. The van der Waals surface area contributed by atoms with Crippen LogP contribution in [0.25, 0.3) is 11.2 Å². The summed E-state index contributed by atoms with van der Waals surface area (Å²) in [6.07, 6.45) is -10.6. The fourth-order valence-corrected chi connectivity index (χ4v) is 9.81. The fourth-order valence-electron chi connectivity index (χ4n) is 4.86. The van der Waals surface area contributed by atoms with Gasteiger partial charge in [-0.1, -0.05) is 0 Å². The van der Waals surface area contributed by atoms with Crippen molar-refractivity contribution < 1.29 is 99.2 Å². The van der Waals surface area contributed by atoms with Gasteiger partial charge in [-0.25, -0.2) is 33.2 Å². The molecule has 26 nitrogen and oxygen atoms in total. The number of hydrogen-bond donors (Lipinski definition) is 9. The highest BCUT2D eigenvalue weighted by molar-refractivity contribution is 7.69. The third-order valence-electron chi connectivity index (χ3n) is 7.26. The molecule has 0 amide bonds. The molecule has 1 aromatic carbocycles. The van der Waals surface area contributed by atoms with Crippen molar-refractivity contribution >= 4 is 48.3 Å². The molecule has 2 fully saturated rings. The van der Waals surface area contributed by atoms with E-state index in [2.05, 4.69) is 42.2 Å². The van der Waals surface area contributed by atoms with Crippen molar-refractivity contribution in [1.82, 2.24) is 19.5 Å². The molecule has 53 heavy (non-hydrogen) atoms. The summed E-state index contributed by atoms with van der Waals surface area (Å²) in [6.45, 7) is -2.18. The van der Waals surface area contributed by atoms with Gasteiger partial charge in [-0.15, -0.1) is 0 Å². The first-order chi connectivity index (χ1) is 24.7. The minimum absolute atomic E-state index is 0.164. The van der Waals surface area contributed by atoms with Gasteiger partial charge in [-0.3, -0.25) is 13.6 Å². The van der Waals surface area contributed by atoms with Crippen molar-refractivity contribution in [2.45, 2.75) is 49.1 Å². The summed E-state index contributed by atoms with van der Waals surface area (Å²) in [5.41, 5.74) is 0.435. The number of benzene rings is 1. The van der Waals surface area contributed by atoms with Crippen LogP contribution in [-0.4, -0.2) is 130 Å². The third kappa shape index (κ3) is 10.2. The van der Waals surface area contributed by atoms with Crippen LogP contribution in [-0.2, 0) is 49.7 Å². The number of aliphatic hydroxyl groups excluding tert-OH is 4. The molecule has 5 unspecified atom stereocenters. The van der Waals surface area contributed by atoms with Gasteiger partial charge >= 0.3 is 31.3 Å². The number of ether oxygens (including phenoxy) is 4. The number of phosphoric ester groups is 2. The highest BCUT2D eigenvalue weighted by Gasteiger charge is 2.50. The second kappa shape index (κ2) is 16.3. The minimum atomic E-state index is -6.17. The molecule has 3 aromatic rings. The molecule has 30 heteroatoms. The Morgan fingerprint density at radius 3 is 1.83 bits per heavy atom. The first kappa shape index (κ1) is 41.6. The summed E-state index contributed by atoms with van der Waals surface area (Å²) in [7, 11) is -20.8. The summed E-state index contributed by atoms with van der Waals surface area (Å²) in [5, 5.41) is 44.3. The van der Waals surface area contributed by atoms with Crippen LogP contribution in [0.3, 0.4) is 0 Å². The van der Waals surface area contributed by atoms with E-state index in [4.69, 9.17) is 18.9 Å². The van der Waals surface area contributed by atoms with E-state index < -0.39 is 93.6 Å². The van der Waals surface area contributed by atoms with Crippen LogP contribution >= 0.6 is 31.3 Å². The zero-order valence-electron chi connectivity index (χ0n) is 27.0. The molecule has 0 spiro atoms. The lowest BCUT2D eigenvalue weighted by atomic mass is 10.1. The van der Waals surface area contributed by atoms with E-state index in [9.17, 15) is 58.3 Å². The molecule has 0 bridgehead atoms. The molecular formula is C23H33N5O21P4. The predicted molar refractivity (Wildman–Crippen MR) is 170 cm³/mol. The van der Waals surface area contributed by atoms with Gasteiger partial charge in [0.15, 0.2) is 17.7 Å². The van der Waals surface area contributed by atoms with Crippen molar-refractivity contribution in [3.63, 3.8) is 0 Å². The van der Waals surface area contributed by atoms with Crippen molar-refractivity contribution in [2.24, 2.45) is 0 Å². The molecule has 5 rings (SSSR count). The normalized spacial score (nSPS) is 30.6. The summed E-state index contributed by atoms with van der Waals surface area (Å²) >= 11 is 0. The molecule has 296 valence electrons. The number of rotatable bonds is 17. The van der Waals surface area contributed by atoms with E-state index >= 15 is 0 Å². The summed E-state index contributed by atoms with van der Waals surface area (Å²) in [4.78, 5) is 51.7. The molecule has 0 radical (unpaired) electrons. The number of hydrogen-bond acceptors (Lipinski definition) is 21. The largest absolute Gasteiger partial charge is 0.497 e. The topological polar surface area (TPSA) is 369 Å². The zero-order valence-corrected chi connectivity index (χ0v) is 30.5. The van der Waals surface area contributed by atoms with Crippen LogP contribution in [0.5, 0.6) is 11.5 Å². The van der Waals surface area contributed by atoms with Crippen LogP contribution < -0.4 is 14.8 Å². The maximum absolute atomic E-state index is 12.4. The lowest BCUT2D eigenvalue weighted by Crippen LogP contribution is -2.35. The second-order valence-corrected chi connectivity index (χ2v) is 17.1. The molecule has 0 aliphatic carbocycles. The van der Waals surface area contributed by atoms with Crippen molar-refractivity contribution in [2.75, 3.05) is 32.7 Å². The van der Waals surface area contributed by atoms with E-state index in [1.807, 2.05) is 0 Å². The molecule has 2 aromatic heterocycles. The first-order valence-electron chi connectivity index (χ1n) is 14.7. The summed E-state index contributed by atoms with van der Waals surface area (Å²) in [5.74, 6) is 0.977. The lowest BCUT2D eigenvalue weighted by Gasteiger charge is -2.21. The monoisotopic (exact) mass is 839 g/mol. The average Bonchev–Trinajstić information content (AvgIpc) is 3.71. The Morgan fingerprint density at radius 1 is 0.736 bits per heavy atom. The number of fused-ring (bicyclic) bond motifs is 1. The van der Waals surface area contributed by atoms with Crippen LogP contribution in [0, 0.1) is 0 Å². The van der Waals surface area contributed by atoms with Gasteiger partial charge < -0.3 is 64.3 Å². The highest BCUT2D eigenvalue weighted by Crippen LogP contribution is 2.71. The van der Waals surface area contributed by atoms with Crippen LogP contribution in [0.1, 0.15) is 6.23 Å². The van der Waals surface area contributed by atoms with Crippen molar-refractivity contribution in [1.29, 1.82) is 0 Å². The number of phosphoric acid groups is 4. The SMILES string of the molecule is CNc1ncnc2c1ncn2[C@@H]1O[C@H](COP(=O)(O)OP(=O)(O)OP(=O)(O)OP(=O)(O)OC[C@H]2OC(Oc3ccc(OC)cc3)[C@H](O)[C@@H]2O)[C@@H](O)[C@H]1O. The second-order valence-electron chi connectivity index (χ2n) is 10.9. The van der Waals surface area contributed by atoms with Crippen LogP contribution in [0.15, 0.2) is 36.9 Å². The Morgan fingerprint density at radius 2 is 1.26 bits per heavy atom. The van der Waals surface area contributed by atoms with Gasteiger partial charge in [0.25, 0.3) is 0 Å². The Hall–Kier alpha value is -2.51. The standard InChI is InChI=1S/C23H33N5O21P4/c1-24-20-15-21(26-9-25-20)28(10-27-15)22-18(31)16(29)13(45-22)7-42-50(33,34)47-52(37,38)49-53(39,40)48-51(35,36)43-8-14-17(30)19(32)23(46-14)44-12-5-3-11(41-2)4-6-12/h3-6,9-10,13-14,16-19,22-23,29-32H,7-8H2,1-2H3,(H,33,34)(H,35,36)(H,37,38)(H,39,40)(H,24,25,26)/t13-,14-,16-,17-,18-,19-,22-,23?/m1/s1. The Bertz CT molecular complexity index is 1940. The number of anilines is 1. The minimum Gasteiger partial charge on any atom is -0.497 e. The Balaban J connectivity index is 1.11. The number of imidazole rings is 1. The summed E-state index contributed by atoms with van der Waals surface area (Å²) in [6, 6.07) is 5.93. The van der Waals surface area contributed by atoms with Gasteiger partial charge in [0.05, 0.1) is 26.7 Å². The van der Waals surface area contributed by atoms with Gasteiger partial charge in [-0.05, 0) is 24.3 Å². The van der Waals surface area contributed by atoms with Crippen LogP contribution in [0.2, 0.25) is 0 Å².